The molecule has 0 aliphatic heterocycles. The number of benzene rings is 1. The van der Waals surface area contributed by atoms with E-state index in [0.29, 0.717) is 16.6 Å². The van der Waals surface area contributed by atoms with E-state index in [-0.39, 0.29) is 17.2 Å². The number of nitrogens with one attached hydrogen (secondary N) is 1. The molecule has 0 aromatic heterocycles. The second-order valence-electron chi connectivity index (χ2n) is 6.14. The van der Waals surface area contributed by atoms with E-state index in [1.165, 1.54) is 0 Å². The van der Waals surface area contributed by atoms with Crippen LogP contribution in [0.15, 0.2) is 29.2 Å². The SMILES string of the molecule is CNC1CC(C)CC(C)C1S(=O)(=O)c1cccc(OC)c1. The van der Waals surface area contributed by atoms with Crippen molar-refractivity contribution < 1.29 is 13.2 Å². The molecule has 0 heterocycles. The molecule has 1 N–H and O–H groups in total. The lowest BCUT2D eigenvalue weighted by atomic mass is 9.80. The second-order valence-corrected chi connectivity index (χ2v) is 8.24. The van der Waals surface area contributed by atoms with Crippen LogP contribution < -0.4 is 10.1 Å². The lowest BCUT2D eigenvalue weighted by Crippen LogP contribution is -2.50. The average molecular weight is 311 g/mol. The molecule has 118 valence electrons. The largest absolute Gasteiger partial charge is 0.497 e. The number of hydrogen-bond acceptors (Lipinski definition) is 4. The highest BCUT2D eigenvalue weighted by Gasteiger charge is 2.42. The third kappa shape index (κ3) is 3.24. The van der Waals surface area contributed by atoms with Crippen LogP contribution in [0.2, 0.25) is 0 Å². The Kier molecular flexibility index (Phi) is 4.94. The average Bonchev–Trinajstić information content (AvgIpc) is 2.46. The molecule has 0 radical (unpaired) electrons. The number of hydrogen-bond donors (Lipinski definition) is 1. The van der Waals surface area contributed by atoms with Crippen LogP contribution in [-0.2, 0) is 9.84 Å². The van der Waals surface area contributed by atoms with E-state index in [9.17, 15) is 8.42 Å². The van der Waals surface area contributed by atoms with Gasteiger partial charge in [0, 0.05) is 6.04 Å². The molecule has 1 aliphatic rings. The first-order chi connectivity index (χ1) is 9.90. The zero-order chi connectivity index (χ0) is 15.6. The van der Waals surface area contributed by atoms with Gasteiger partial charge in [-0.3, -0.25) is 0 Å². The zero-order valence-electron chi connectivity index (χ0n) is 13.2. The van der Waals surface area contributed by atoms with Crippen LogP contribution in [-0.4, -0.2) is 33.9 Å². The molecule has 1 aliphatic carbocycles. The molecule has 1 aromatic carbocycles. The Hall–Kier alpha value is -1.07. The normalized spacial score (nSPS) is 30.1. The minimum atomic E-state index is -3.37. The minimum Gasteiger partial charge on any atom is -0.497 e. The van der Waals surface area contributed by atoms with Crippen molar-refractivity contribution in [3.8, 4) is 5.75 Å². The Labute approximate surface area is 127 Å². The van der Waals surface area contributed by atoms with Gasteiger partial charge in [0.2, 0.25) is 0 Å². The van der Waals surface area contributed by atoms with Crippen molar-refractivity contribution in [1.82, 2.24) is 5.32 Å². The van der Waals surface area contributed by atoms with Crippen molar-refractivity contribution in [2.45, 2.75) is 42.9 Å². The van der Waals surface area contributed by atoms with Crippen LogP contribution in [0.1, 0.15) is 26.7 Å². The Morgan fingerprint density at radius 1 is 1.24 bits per heavy atom. The van der Waals surface area contributed by atoms with Crippen molar-refractivity contribution >= 4 is 9.84 Å². The van der Waals surface area contributed by atoms with E-state index < -0.39 is 9.84 Å². The van der Waals surface area contributed by atoms with Crippen LogP contribution in [0.5, 0.6) is 5.75 Å². The number of methoxy groups -OCH3 is 1. The Morgan fingerprint density at radius 3 is 2.57 bits per heavy atom. The summed E-state index contributed by atoms with van der Waals surface area (Å²) < 4.78 is 31.2. The quantitative estimate of drug-likeness (QED) is 0.928. The summed E-state index contributed by atoms with van der Waals surface area (Å²) in [5.74, 6) is 1.27. The van der Waals surface area contributed by atoms with E-state index in [4.69, 9.17) is 4.74 Å². The minimum absolute atomic E-state index is 0.0000454. The van der Waals surface area contributed by atoms with Crippen LogP contribution >= 0.6 is 0 Å². The number of sulfone groups is 1. The van der Waals surface area contributed by atoms with Crippen molar-refractivity contribution in [2.24, 2.45) is 11.8 Å². The van der Waals surface area contributed by atoms with Crippen LogP contribution in [0.25, 0.3) is 0 Å². The highest BCUT2D eigenvalue weighted by Crippen LogP contribution is 2.36. The predicted molar refractivity (Wildman–Crippen MR) is 84.4 cm³/mol. The Bertz CT molecular complexity index is 585. The third-order valence-electron chi connectivity index (χ3n) is 4.49. The number of ether oxygens (including phenoxy) is 1. The van der Waals surface area contributed by atoms with Gasteiger partial charge < -0.3 is 10.1 Å². The first kappa shape index (κ1) is 16.3. The maximum Gasteiger partial charge on any atom is 0.183 e. The smallest absolute Gasteiger partial charge is 0.183 e. The van der Waals surface area contributed by atoms with Gasteiger partial charge in [0.15, 0.2) is 9.84 Å². The van der Waals surface area contributed by atoms with Crippen molar-refractivity contribution in [3.05, 3.63) is 24.3 Å². The fraction of sp³-hybridized carbons (Fsp3) is 0.625. The lowest BCUT2D eigenvalue weighted by molar-refractivity contribution is 0.249. The van der Waals surface area contributed by atoms with Crippen LogP contribution in [0.4, 0.5) is 0 Å². The summed E-state index contributed by atoms with van der Waals surface area (Å²) in [6.45, 7) is 4.23. The monoisotopic (exact) mass is 311 g/mol. The summed E-state index contributed by atoms with van der Waals surface area (Å²) in [5, 5.41) is 2.83. The topological polar surface area (TPSA) is 55.4 Å². The van der Waals surface area contributed by atoms with E-state index in [2.05, 4.69) is 12.2 Å². The molecule has 1 saturated carbocycles. The molecule has 1 aromatic rings. The molecule has 5 heteroatoms. The Balaban J connectivity index is 2.40. The van der Waals surface area contributed by atoms with Crippen molar-refractivity contribution in [3.63, 3.8) is 0 Å². The molecule has 0 bridgehead atoms. The molecule has 1 fully saturated rings. The highest BCUT2D eigenvalue weighted by atomic mass is 32.2. The van der Waals surface area contributed by atoms with Gasteiger partial charge in [0.25, 0.3) is 0 Å². The zero-order valence-corrected chi connectivity index (χ0v) is 14.0. The Morgan fingerprint density at radius 2 is 1.95 bits per heavy atom. The van der Waals surface area contributed by atoms with Gasteiger partial charge in [-0.1, -0.05) is 19.9 Å². The summed E-state index contributed by atoms with van der Waals surface area (Å²) in [5.41, 5.74) is 0. The predicted octanol–water partition coefficient (Wildman–Crippen LogP) is 2.49. The van der Waals surface area contributed by atoms with Gasteiger partial charge >= 0.3 is 0 Å². The molecule has 4 unspecified atom stereocenters. The fourth-order valence-corrected chi connectivity index (χ4v) is 5.83. The van der Waals surface area contributed by atoms with Crippen LogP contribution in [0.3, 0.4) is 0 Å². The van der Waals surface area contributed by atoms with Gasteiger partial charge in [-0.25, -0.2) is 8.42 Å². The number of rotatable bonds is 4. The van der Waals surface area contributed by atoms with E-state index >= 15 is 0 Å². The fourth-order valence-electron chi connectivity index (χ4n) is 3.57. The standard InChI is InChI=1S/C16H25NO3S/c1-11-8-12(2)16(15(9-11)17-3)21(18,19)14-7-5-6-13(10-14)20-4/h5-7,10-12,15-17H,8-9H2,1-4H3. The molecule has 4 nitrogen and oxygen atoms in total. The van der Waals surface area contributed by atoms with Crippen LogP contribution in [0, 0.1) is 11.8 Å². The van der Waals surface area contributed by atoms with E-state index in [1.807, 2.05) is 14.0 Å². The summed E-state index contributed by atoms with van der Waals surface area (Å²) in [4.78, 5) is 0.355. The van der Waals surface area contributed by atoms with Gasteiger partial charge in [0.1, 0.15) is 5.75 Å². The summed E-state index contributed by atoms with van der Waals surface area (Å²) in [6, 6.07) is 6.78. The van der Waals surface area contributed by atoms with E-state index in [1.54, 1.807) is 31.4 Å². The molecule has 21 heavy (non-hydrogen) atoms. The maximum absolute atomic E-state index is 13.0. The first-order valence-corrected chi connectivity index (χ1v) is 9.00. The summed E-state index contributed by atoms with van der Waals surface area (Å²) in [7, 11) is 0.0284. The van der Waals surface area contributed by atoms with Crippen molar-refractivity contribution in [1.29, 1.82) is 0 Å². The molecule has 4 atom stereocenters. The maximum atomic E-state index is 13.0. The molecule has 0 saturated heterocycles. The van der Waals surface area contributed by atoms with Gasteiger partial charge in [0.05, 0.1) is 17.3 Å². The van der Waals surface area contributed by atoms with Gasteiger partial charge in [-0.2, -0.15) is 0 Å². The van der Waals surface area contributed by atoms with Gasteiger partial charge in [-0.05, 0) is 49.9 Å². The van der Waals surface area contributed by atoms with Crippen molar-refractivity contribution in [2.75, 3.05) is 14.2 Å². The molecule has 0 amide bonds. The van der Waals surface area contributed by atoms with Gasteiger partial charge in [-0.15, -0.1) is 0 Å². The highest BCUT2D eigenvalue weighted by molar-refractivity contribution is 7.92. The lowest BCUT2D eigenvalue weighted by Gasteiger charge is -2.39. The molecular weight excluding hydrogens is 286 g/mol. The molecule has 0 spiro atoms. The second kappa shape index (κ2) is 6.36. The third-order valence-corrected chi connectivity index (χ3v) is 6.91. The van der Waals surface area contributed by atoms with E-state index in [0.717, 1.165) is 12.8 Å². The molecular formula is C16H25NO3S. The summed E-state index contributed by atoms with van der Waals surface area (Å²) >= 11 is 0. The first-order valence-electron chi connectivity index (χ1n) is 7.45. The molecule has 2 rings (SSSR count). The summed E-state index contributed by atoms with van der Waals surface area (Å²) in [6.07, 6.45) is 1.85.